The zero-order valence-electron chi connectivity index (χ0n) is 15.0. The highest BCUT2D eigenvalue weighted by Crippen LogP contribution is 2.23. The lowest BCUT2D eigenvalue weighted by molar-refractivity contribution is -0.126. The molecule has 0 unspecified atom stereocenters. The zero-order chi connectivity index (χ0) is 19.1. The Kier molecular flexibility index (Phi) is 6.71. The molecule has 27 heavy (non-hydrogen) atoms. The van der Waals surface area contributed by atoms with Crippen LogP contribution in [0.2, 0.25) is 5.02 Å². The molecule has 0 atom stereocenters. The maximum absolute atomic E-state index is 12.2. The van der Waals surface area contributed by atoms with E-state index >= 15 is 0 Å². The minimum Gasteiger partial charge on any atom is -0.489 e. The first-order chi connectivity index (χ1) is 13.1. The summed E-state index contributed by atoms with van der Waals surface area (Å²) in [6, 6.07) is 14.2. The van der Waals surface area contributed by atoms with Crippen molar-refractivity contribution in [1.29, 1.82) is 0 Å². The van der Waals surface area contributed by atoms with Crippen molar-refractivity contribution in [3.8, 4) is 5.75 Å². The van der Waals surface area contributed by atoms with Crippen molar-refractivity contribution in [2.75, 3.05) is 0 Å². The van der Waals surface area contributed by atoms with Crippen LogP contribution >= 0.6 is 11.6 Å². The predicted octanol–water partition coefficient (Wildman–Crippen LogP) is 4.26. The van der Waals surface area contributed by atoms with E-state index in [-0.39, 0.29) is 17.7 Å². The van der Waals surface area contributed by atoms with Crippen molar-refractivity contribution in [2.45, 2.75) is 38.7 Å². The summed E-state index contributed by atoms with van der Waals surface area (Å²) < 4.78 is 5.68. The van der Waals surface area contributed by atoms with E-state index in [1.54, 1.807) is 36.4 Å². The molecule has 0 bridgehead atoms. The summed E-state index contributed by atoms with van der Waals surface area (Å²) in [7, 11) is 0. The van der Waals surface area contributed by atoms with Crippen LogP contribution in [-0.4, -0.2) is 11.8 Å². The zero-order valence-corrected chi connectivity index (χ0v) is 15.8. The van der Waals surface area contributed by atoms with Gasteiger partial charge in [-0.1, -0.05) is 43.0 Å². The highest BCUT2D eigenvalue weighted by Gasteiger charge is 2.21. The minimum absolute atomic E-state index is 0.00597. The molecule has 5 nitrogen and oxygen atoms in total. The van der Waals surface area contributed by atoms with Crippen LogP contribution < -0.4 is 15.6 Å². The Balaban J connectivity index is 1.46. The van der Waals surface area contributed by atoms with Gasteiger partial charge in [-0.25, -0.2) is 0 Å². The summed E-state index contributed by atoms with van der Waals surface area (Å²) in [6.07, 6.45) is 5.12. The maximum Gasteiger partial charge on any atom is 0.269 e. The summed E-state index contributed by atoms with van der Waals surface area (Å²) in [5.41, 5.74) is 6.46. The molecule has 2 aromatic rings. The minimum atomic E-state index is -0.329. The molecule has 2 N–H and O–H groups in total. The van der Waals surface area contributed by atoms with Gasteiger partial charge in [0.25, 0.3) is 5.91 Å². The fourth-order valence-electron chi connectivity index (χ4n) is 3.11. The van der Waals surface area contributed by atoms with Crippen LogP contribution in [-0.2, 0) is 11.4 Å². The summed E-state index contributed by atoms with van der Waals surface area (Å²) in [6.45, 7) is 0.391. The second kappa shape index (κ2) is 9.42. The van der Waals surface area contributed by atoms with Gasteiger partial charge in [0.05, 0.1) is 0 Å². The fourth-order valence-corrected chi connectivity index (χ4v) is 3.23. The monoisotopic (exact) mass is 386 g/mol. The van der Waals surface area contributed by atoms with E-state index in [4.69, 9.17) is 16.3 Å². The molecule has 2 amide bonds. The molecule has 1 fully saturated rings. The van der Waals surface area contributed by atoms with Gasteiger partial charge < -0.3 is 4.74 Å². The second-order valence-corrected chi connectivity index (χ2v) is 7.15. The Morgan fingerprint density at radius 1 is 0.926 bits per heavy atom. The third-order valence-electron chi connectivity index (χ3n) is 4.71. The highest BCUT2D eigenvalue weighted by molar-refractivity contribution is 6.30. The molecular weight excluding hydrogens is 364 g/mol. The number of carbonyl (C=O) groups is 2. The molecule has 1 saturated carbocycles. The molecular formula is C21H23ClN2O3. The second-order valence-electron chi connectivity index (χ2n) is 6.72. The molecule has 1 aliphatic carbocycles. The van der Waals surface area contributed by atoms with Crippen LogP contribution in [0.1, 0.15) is 48.0 Å². The summed E-state index contributed by atoms with van der Waals surface area (Å²) in [5.74, 6) is 0.304. The van der Waals surface area contributed by atoms with Gasteiger partial charge in [0.15, 0.2) is 0 Å². The van der Waals surface area contributed by atoms with Gasteiger partial charge in [0.2, 0.25) is 5.91 Å². The maximum atomic E-state index is 12.2. The number of hydrogen-bond donors (Lipinski definition) is 2. The number of hydrogen-bond acceptors (Lipinski definition) is 3. The number of amides is 2. The molecule has 0 saturated heterocycles. The van der Waals surface area contributed by atoms with Crippen molar-refractivity contribution in [3.05, 3.63) is 64.7 Å². The number of nitrogens with one attached hydrogen (secondary N) is 2. The van der Waals surface area contributed by atoms with Crippen LogP contribution in [0.4, 0.5) is 0 Å². The standard InChI is InChI=1S/C21H23ClN2O3/c22-18-10-12-19(13-11-18)27-14-15-6-8-17(9-7-15)21(26)24-23-20(25)16-4-2-1-3-5-16/h6-13,16H,1-5,14H2,(H,23,25)(H,24,26). The predicted molar refractivity (Wildman–Crippen MR) is 104 cm³/mol. The van der Waals surface area contributed by atoms with Crippen LogP contribution in [0, 0.1) is 5.92 Å². The van der Waals surface area contributed by atoms with Gasteiger partial charge in [-0.3, -0.25) is 20.4 Å². The topological polar surface area (TPSA) is 67.4 Å². The lowest BCUT2D eigenvalue weighted by Crippen LogP contribution is -2.44. The molecule has 0 spiro atoms. The van der Waals surface area contributed by atoms with Crippen LogP contribution in [0.3, 0.4) is 0 Å². The van der Waals surface area contributed by atoms with Gasteiger partial charge in [0.1, 0.15) is 12.4 Å². The first-order valence-electron chi connectivity index (χ1n) is 9.19. The summed E-state index contributed by atoms with van der Waals surface area (Å²) >= 11 is 5.85. The van der Waals surface area contributed by atoms with E-state index in [9.17, 15) is 9.59 Å². The number of ether oxygens (including phenoxy) is 1. The number of hydrazine groups is 1. The van der Waals surface area contributed by atoms with Gasteiger partial charge in [-0.2, -0.15) is 0 Å². The van der Waals surface area contributed by atoms with Crippen molar-refractivity contribution in [3.63, 3.8) is 0 Å². The van der Waals surface area contributed by atoms with E-state index in [0.717, 1.165) is 37.0 Å². The van der Waals surface area contributed by atoms with Crippen LogP contribution in [0.15, 0.2) is 48.5 Å². The Hall–Kier alpha value is -2.53. The van der Waals surface area contributed by atoms with Crippen LogP contribution in [0.5, 0.6) is 5.75 Å². The average Bonchev–Trinajstić information content (AvgIpc) is 2.72. The van der Waals surface area contributed by atoms with Crippen molar-refractivity contribution in [2.24, 2.45) is 5.92 Å². The highest BCUT2D eigenvalue weighted by atomic mass is 35.5. The Morgan fingerprint density at radius 3 is 2.26 bits per heavy atom. The Morgan fingerprint density at radius 2 is 1.59 bits per heavy atom. The Bertz CT molecular complexity index is 769. The molecule has 0 aromatic heterocycles. The molecule has 3 rings (SSSR count). The van der Waals surface area contributed by atoms with E-state index in [0.29, 0.717) is 17.2 Å². The SMILES string of the molecule is O=C(NNC(=O)C1CCCCC1)c1ccc(COc2ccc(Cl)cc2)cc1. The molecule has 6 heteroatoms. The molecule has 0 radical (unpaired) electrons. The van der Waals surface area contributed by atoms with Gasteiger partial charge in [-0.05, 0) is 54.8 Å². The van der Waals surface area contributed by atoms with Crippen molar-refractivity contribution >= 4 is 23.4 Å². The normalized spacial score (nSPS) is 14.4. The molecule has 1 aliphatic rings. The molecule has 142 valence electrons. The van der Waals surface area contributed by atoms with E-state index in [1.165, 1.54) is 6.42 Å². The van der Waals surface area contributed by atoms with E-state index < -0.39 is 0 Å². The average molecular weight is 387 g/mol. The number of rotatable bonds is 5. The first-order valence-corrected chi connectivity index (χ1v) is 9.57. The summed E-state index contributed by atoms with van der Waals surface area (Å²) in [5, 5.41) is 0.660. The first kappa shape index (κ1) is 19.2. The van der Waals surface area contributed by atoms with Crippen LogP contribution in [0.25, 0.3) is 0 Å². The lowest BCUT2D eigenvalue weighted by Gasteiger charge is -2.20. The lowest BCUT2D eigenvalue weighted by atomic mass is 9.89. The van der Waals surface area contributed by atoms with Crippen molar-refractivity contribution < 1.29 is 14.3 Å². The molecule has 2 aromatic carbocycles. The quantitative estimate of drug-likeness (QED) is 0.754. The number of carbonyl (C=O) groups excluding carboxylic acids is 2. The smallest absolute Gasteiger partial charge is 0.269 e. The van der Waals surface area contributed by atoms with Gasteiger partial charge in [-0.15, -0.1) is 0 Å². The molecule has 0 heterocycles. The third-order valence-corrected chi connectivity index (χ3v) is 4.96. The number of halogens is 1. The Labute approximate surface area is 164 Å². The largest absolute Gasteiger partial charge is 0.489 e. The number of benzene rings is 2. The van der Waals surface area contributed by atoms with E-state index in [2.05, 4.69) is 10.9 Å². The van der Waals surface area contributed by atoms with Gasteiger partial charge >= 0.3 is 0 Å². The third kappa shape index (κ3) is 5.73. The van der Waals surface area contributed by atoms with Crippen molar-refractivity contribution in [1.82, 2.24) is 10.9 Å². The fraction of sp³-hybridized carbons (Fsp3) is 0.333. The molecule has 0 aliphatic heterocycles. The summed E-state index contributed by atoms with van der Waals surface area (Å²) in [4.78, 5) is 24.3. The van der Waals surface area contributed by atoms with E-state index in [1.807, 2.05) is 12.1 Å². The van der Waals surface area contributed by atoms with Gasteiger partial charge in [0, 0.05) is 16.5 Å².